The Balaban J connectivity index is 0.00000108. The summed E-state index contributed by atoms with van der Waals surface area (Å²) >= 11 is 0. The van der Waals surface area contributed by atoms with Crippen LogP contribution < -0.4 is 22.6 Å². The zero-order chi connectivity index (χ0) is 11.3. The molecule has 3 N–H and O–H groups in total. The van der Waals surface area contributed by atoms with Crippen molar-refractivity contribution >= 4 is 0 Å². The van der Waals surface area contributed by atoms with Crippen LogP contribution in [0.3, 0.4) is 0 Å². The number of rotatable bonds is 1. The molecule has 1 fully saturated rings. The molecule has 1 saturated heterocycles. The monoisotopic (exact) mass is 260 g/mol. The number of aliphatic hydroxyl groups excluding tert-OH is 2. The van der Waals surface area contributed by atoms with E-state index in [0.717, 1.165) is 0 Å². The number of hydrogen-bond donors (Lipinski definition) is 3. The molecule has 3 rings (SSSR count). The van der Waals surface area contributed by atoms with Crippen molar-refractivity contribution in [3.8, 4) is 6.01 Å². The Labute approximate surface area is 103 Å². The minimum atomic E-state index is -0.883. The lowest BCUT2D eigenvalue weighted by atomic mass is 10.1. The van der Waals surface area contributed by atoms with E-state index in [4.69, 9.17) is 20.0 Å². The molecule has 2 aliphatic rings. The second-order valence-electron chi connectivity index (χ2n) is 3.82. The highest BCUT2D eigenvalue weighted by Gasteiger charge is 2.50. The second kappa shape index (κ2) is 4.26. The Morgan fingerprint density at radius 3 is 3.00 bits per heavy atom. The van der Waals surface area contributed by atoms with Crippen molar-refractivity contribution in [1.82, 2.24) is 9.55 Å². The molecule has 1 aromatic rings. The van der Waals surface area contributed by atoms with Crippen LogP contribution in [-0.4, -0.2) is 44.7 Å². The van der Waals surface area contributed by atoms with Crippen LogP contribution in [0.5, 0.6) is 6.01 Å². The summed E-state index contributed by atoms with van der Waals surface area (Å²) < 4.78 is 12.5. The van der Waals surface area contributed by atoms with Crippen LogP contribution in [-0.2, 0) is 4.74 Å². The highest BCUT2D eigenvalue weighted by molar-refractivity contribution is 5.10. The van der Waals surface area contributed by atoms with Gasteiger partial charge in [0.2, 0.25) is 0 Å². The normalized spacial score (nSPS) is 33.5. The van der Waals surface area contributed by atoms with Crippen molar-refractivity contribution < 1.29 is 32.1 Å². The van der Waals surface area contributed by atoms with Crippen LogP contribution in [0.4, 0.5) is 0 Å². The molecule has 0 saturated carbocycles. The quantitative estimate of drug-likeness (QED) is 0.472. The average Bonchev–Trinajstić information content (AvgIpc) is 2.75. The first-order valence-electron chi connectivity index (χ1n) is 4.95. The summed E-state index contributed by atoms with van der Waals surface area (Å²) in [5.74, 6) is 0. The standard InChI is InChI=1S/C9H11N3O4.ClH/c10-5-1-2-12-8-7(16-9(12)11-5)6(14)4(3-13)15-8;/h1-2,4,6-8,10,13-14H,3H2;1H/p-1/t4-,6+,7?,8-;/m1./s1. The van der Waals surface area contributed by atoms with Crippen LogP contribution in [0, 0.1) is 5.41 Å². The van der Waals surface area contributed by atoms with Gasteiger partial charge in [0.05, 0.1) is 6.61 Å². The summed E-state index contributed by atoms with van der Waals surface area (Å²) in [7, 11) is 0. The Hall–Kier alpha value is -1.15. The van der Waals surface area contributed by atoms with Gasteiger partial charge in [-0.05, 0) is 6.07 Å². The van der Waals surface area contributed by atoms with E-state index in [1.54, 1.807) is 10.8 Å². The van der Waals surface area contributed by atoms with Gasteiger partial charge in [-0.25, -0.2) is 0 Å². The van der Waals surface area contributed by atoms with Gasteiger partial charge in [-0.1, -0.05) is 0 Å². The number of halogens is 1. The van der Waals surface area contributed by atoms with Crippen molar-refractivity contribution in [3.63, 3.8) is 0 Å². The Bertz CT molecular complexity index is 480. The molecule has 1 unspecified atom stereocenters. The smallest absolute Gasteiger partial charge is 0.301 e. The molecule has 94 valence electrons. The lowest BCUT2D eigenvalue weighted by molar-refractivity contribution is -0.0434. The number of aliphatic hydroxyl groups is 2. The van der Waals surface area contributed by atoms with Crippen LogP contribution in [0.1, 0.15) is 6.23 Å². The number of fused-ring (bicyclic) bond motifs is 3. The van der Waals surface area contributed by atoms with E-state index < -0.39 is 24.5 Å². The van der Waals surface area contributed by atoms with E-state index in [0.29, 0.717) is 0 Å². The summed E-state index contributed by atoms with van der Waals surface area (Å²) in [6.07, 6.45) is -0.930. The molecule has 3 heterocycles. The van der Waals surface area contributed by atoms with Gasteiger partial charge in [0.15, 0.2) is 17.8 Å². The molecular formula is C9H11ClN3O4-. The Morgan fingerprint density at radius 2 is 2.29 bits per heavy atom. The fourth-order valence-electron chi connectivity index (χ4n) is 2.04. The summed E-state index contributed by atoms with van der Waals surface area (Å²) in [5.41, 5.74) is 0.0967. The fourth-order valence-corrected chi connectivity index (χ4v) is 2.04. The number of nitrogens with zero attached hydrogens (tertiary/aromatic N) is 2. The number of aromatic nitrogens is 2. The second-order valence-corrected chi connectivity index (χ2v) is 3.82. The van der Waals surface area contributed by atoms with E-state index in [-0.39, 0.29) is 30.5 Å². The minimum Gasteiger partial charge on any atom is -1.00 e. The maximum Gasteiger partial charge on any atom is 0.301 e. The number of ether oxygens (including phenoxy) is 2. The van der Waals surface area contributed by atoms with E-state index in [9.17, 15) is 5.11 Å². The summed E-state index contributed by atoms with van der Waals surface area (Å²) in [6.45, 7) is -0.253. The topological polar surface area (TPSA) is 101 Å². The first-order valence-corrected chi connectivity index (χ1v) is 4.95. The predicted molar refractivity (Wildman–Crippen MR) is 49.5 cm³/mol. The lowest BCUT2D eigenvalue weighted by Gasteiger charge is -2.14. The fraction of sp³-hybridized carbons (Fsp3) is 0.556. The molecule has 17 heavy (non-hydrogen) atoms. The third-order valence-electron chi connectivity index (χ3n) is 2.84. The molecule has 0 spiro atoms. The van der Waals surface area contributed by atoms with E-state index in [1.165, 1.54) is 6.07 Å². The van der Waals surface area contributed by atoms with Gasteiger partial charge < -0.3 is 32.1 Å². The van der Waals surface area contributed by atoms with Crippen molar-refractivity contribution in [2.24, 2.45) is 0 Å². The zero-order valence-electron chi connectivity index (χ0n) is 8.65. The van der Waals surface area contributed by atoms with Crippen LogP contribution in [0.15, 0.2) is 12.3 Å². The molecule has 0 aliphatic carbocycles. The third kappa shape index (κ3) is 1.71. The maximum absolute atomic E-state index is 9.80. The van der Waals surface area contributed by atoms with E-state index >= 15 is 0 Å². The first kappa shape index (κ1) is 12.3. The van der Waals surface area contributed by atoms with Crippen molar-refractivity contribution in [1.29, 1.82) is 5.41 Å². The molecule has 0 radical (unpaired) electrons. The first-order chi connectivity index (χ1) is 7.70. The molecule has 0 aromatic carbocycles. The van der Waals surface area contributed by atoms with E-state index in [1.807, 2.05) is 0 Å². The van der Waals surface area contributed by atoms with Gasteiger partial charge in [-0.2, -0.15) is 4.98 Å². The minimum absolute atomic E-state index is 0. The van der Waals surface area contributed by atoms with Gasteiger partial charge in [0.1, 0.15) is 12.2 Å². The number of nitrogens with one attached hydrogen (secondary N) is 1. The summed E-state index contributed by atoms with van der Waals surface area (Å²) in [6, 6.07) is 1.77. The Kier molecular flexibility index (Phi) is 3.09. The highest BCUT2D eigenvalue weighted by atomic mass is 35.5. The van der Waals surface area contributed by atoms with Crippen molar-refractivity contribution in [3.05, 3.63) is 17.8 Å². The molecule has 2 aliphatic heterocycles. The average molecular weight is 261 g/mol. The van der Waals surface area contributed by atoms with Gasteiger partial charge in [0, 0.05) is 6.20 Å². The van der Waals surface area contributed by atoms with Crippen molar-refractivity contribution in [2.75, 3.05) is 6.61 Å². The third-order valence-corrected chi connectivity index (χ3v) is 2.84. The van der Waals surface area contributed by atoms with Crippen LogP contribution in [0.25, 0.3) is 0 Å². The molecule has 8 heteroatoms. The van der Waals surface area contributed by atoms with Gasteiger partial charge >= 0.3 is 6.01 Å². The molecule has 7 nitrogen and oxygen atoms in total. The highest BCUT2D eigenvalue weighted by Crippen LogP contribution is 2.38. The molecule has 1 aromatic heterocycles. The predicted octanol–water partition coefficient (Wildman–Crippen LogP) is -4.62. The lowest BCUT2D eigenvalue weighted by Crippen LogP contribution is -3.00. The van der Waals surface area contributed by atoms with Gasteiger partial charge in [-0.3, -0.25) is 9.98 Å². The largest absolute Gasteiger partial charge is 1.00 e. The molecule has 4 atom stereocenters. The van der Waals surface area contributed by atoms with Gasteiger partial charge in [0.25, 0.3) is 0 Å². The summed E-state index contributed by atoms with van der Waals surface area (Å²) in [5, 5.41) is 26.1. The molecule has 0 amide bonds. The van der Waals surface area contributed by atoms with Crippen LogP contribution in [0.2, 0.25) is 0 Å². The number of hydrogen-bond acceptors (Lipinski definition) is 6. The van der Waals surface area contributed by atoms with E-state index in [2.05, 4.69) is 4.98 Å². The summed E-state index contributed by atoms with van der Waals surface area (Å²) in [4.78, 5) is 3.88. The molecular weight excluding hydrogens is 250 g/mol. The zero-order valence-corrected chi connectivity index (χ0v) is 9.41. The van der Waals surface area contributed by atoms with Crippen molar-refractivity contribution in [2.45, 2.75) is 24.5 Å². The van der Waals surface area contributed by atoms with Gasteiger partial charge in [-0.15, -0.1) is 0 Å². The SMILES string of the molecule is N=c1ccn2c(n1)OC1[C@@H](O)[C@@H](CO)O[C@H]12.[Cl-]. The Morgan fingerprint density at radius 1 is 1.53 bits per heavy atom. The maximum atomic E-state index is 9.80. The molecule has 0 bridgehead atoms. The van der Waals surface area contributed by atoms with Crippen LogP contribution >= 0.6 is 0 Å².